The number of nitrogens with zero attached hydrogens (tertiary/aromatic N) is 1. The number of halogens is 1. The molecule has 1 aromatic carbocycles. The summed E-state index contributed by atoms with van der Waals surface area (Å²) >= 11 is 0. The molecule has 1 aromatic rings. The highest BCUT2D eigenvalue weighted by atomic mass is 19.1. The molecule has 4 heteroatoms. The van der Waals surface area contributed by atoms with E-state index in [1.54, 1.807) is 19.2 Å². The van der Waals surface area contributed by atoms with Crippen molar-refractivity contribution in [2.75, 3.05) is 20.1 Å². The number of hydrogen-bond donors (Lipinski definition) is 2. The lowest BCUT2D eigenvalue weighted by atomic mass is 9.96. The molecule has 110 valence electrons. The Morgan fingerprint density at radius 1 is 1.25 bits per heavy atom. The van der Waals surface area contributed by atoms with E-state index in [0.29, 0.717) is 5.92 Å². The van der Waals surface area contributed by atoms with E-state index in [0.717, 1.165) is 31.9 Å². The van der Waals surface area contributed by atoms with Gasteiger partial charge in [-0.2, -0.15) is 0 Å². The summed E-state index contributed by atoms with van der Waals surface area (Å²) < 4.78 is 13.0. The van der Waals surface area contributed by atoms with Crippen LogP contribution >= 0.6 is 0 Å². The van der Waals surface area contributed by atoms with E-state index in [9.17, 15) is 4.39 Å². The third kappa shape index (κ3) is 3.71. The monoisotopic (exact) mass is 277 g/mol. The summed E-state index contributed by atoms with van der Waals surface area (Å²) in [6, 6.07) is 6.88. The molecular weight excluding hydrogens is 253 g/mol. The lowest BCUT2D eigenvalue weighted by molar-refractivity contribution is 0.597. The van der Waals surface area contributed by atoms with Gasteiger partial charge in [0.2, 0.25) is 0 Å². The predicted octanol–water partition coefficient (Wildman–Crippen LogP) is 2.68. The van der Waals surface area contributed by atoms with Crippen LogP contribution in [0.2, 0.25) is 0 Å². The molecule has 0 unspecified atom stereocenters. The summed E-state index contributed by atoms with van der Waals surface area (Å²) in [6.07, 6.45) is 2.29. The van der Waals surface area contributed by atoms with E-state index in [-0.39, 0.29) is 11.2 Å². The second-order valence-corrected chi connectivity index (χ2v) is 5.99. The maximum Gasteiger partial charge on any atom is 0.191 e. The Morgan fingerprint density at radius 3 is 2.40 bits per heavy atom. The number of guanidine groups is 1. The average molecular weight is 277 g/mol. The Hall–Kier alpha value is -1.58. The van der Waals surface area contributed by atoms with Crippen LogP contribution in [0.5, 0.6) is 0 Å². The molecule has 1 aliphatic carbocycles. The van der Waals surface area contributed by atoms with Crippen molar-refractivity contribution in [1.29, 1.82) is 0 Å². The highest BCUT2D eigenvalue weighted by molar-refractivity contribution is 5.79. The number of hydrogen-bond acceptors (Lipinski definition) is 1. The Bertz CT molecular complexity index is 461. The van der Waals surface area contributed by atoms with Crippen LogP contribution in [0.1, 0.15) is 32.3 Å². The van der Waals surface area contributed by atoms with E-state index in [1.807, 2.05) is 12.1 Å². The number of benzene rings is 1. The number of nitrogens with one attached hydrogen (secondary N) is 2. The minimum atomic E-state index is -0.174. The van der Waals surface area contributed by atoms with Crippen molar-refractivity contribution in [2.45, 2.75) is 32.1 Å². The van der Waals surface area contributed by atoms with Gasteiger partial charge >= 0.3 is 0 Å². The zero-order valence-electron chi connectivity index (χ0n) is 12.5. The van der Waals surface area contributed by atoms with Gasteiger partial charge in [0.25, 0.3) is 0 Å². The van der Waals surface area contributed by atoms with Gasteiger partial charge in [-0.25, -0.2) is 4.39 Å². The molecule has 2 N–H and O–H groups in total. The molecule has 1 aliphatic rings. The van der Waals surface area contributed by atoms with Crippen molar-refractivity contribution in [1.82, 2.24) is 10.6 Å². The van der Waals surface area contributed by atoms with Gasteiger partial charge < -0.3 is 10.6 Å². The third-order valence-electron chi connectivity index (χ3n) is 3.81. The highest BCUT2D eigenvalue weighted by Crippen LogP contribution is 2.47. The van der Waals surface area contributed by atoms with Crippen molar-refractivity contribution in [2.24, 2.45) is 10.9 Å². The van der Waals surface area contributed by atoms with E-state index in [2.05, 4.69) is 29.5 Å². The van der Waals surface area contributed by atoms with Crippen molar-refractivity contribution in [3.8, 4) is 0 Å². The topological polar surface area (TPSA) is 36.4 Å². The van der Waals surface area contributed by atoms with Gasteiger partial charge in [0.05, 0.1) is 0 Å². The standard InChI is InChI=1S/C16H24FN3/c1-12(2)10-19-15(18-3)20-11-16(8-9-16)13-4-6-14(17)7-5-13/h4-7,12H,8-11H2,1-3H3,(H2,18,19,20). The van der Waals surface area contributed by atoms with Gasteiger partial charge in [-0.15, -0.1) is 0 Å². The Morgan fingerprint density at radius 2 is 1.90 bits per heavy atom. The minimum Gasteiger partial charge on any atom is -0.356 e. The molecule has 0 atom stereocenters. The molecule has 20 heavy (non-hydrogen) atoms. The molecule has 0 spiro atoms. The van der Waals surface area contributed by atoms with Crippen LogP contribution < -0.4 is 10.6 Å². The summed E-state index contributed by atoms with van der Waals surface area (Å²) in [4.78, 5) is 4.23. The first-order valence-electron chi connectivity index (χ1n) is 7.26. The maximum absolute atomic E-state index is 13.0. The fraction of sp³-hybridized carbons (Fsp3) is 0.562. The van der Waals surface area contributed by atoms with Gasteiger partial charge in [0, 0.05) is 25.6 Å². The Kier molecular flexibility index (Phi) is 4.63. The smallest absolute Gasteiger partial charge is 0.191 e. The first-order valence-corrected chi connectivity index (χ1v) is 7.26. The average Bonchev–Trinajstić information content (AvgIpc) is 3.20. The zero-order valence-corrected chi connectivity index (χ0v) is 12.5. The van der Waals surface area contributed by atoms with Crippen LogP contribution in [0.3, 0.4) is 0 Å². The molecule has 0 radical (unpaired) electrons. The molecule has 0 bridgehead atoms. The second kappa shape index (κ2) is 6.25. The molecule has 3 nitrogen and oxygen atoms in total. The minimum absolute atomic E-state index is 0.156. The summed E-state index contributed by atoms with van der Waals surface area (Å²) in [5.41, 5.74) is 1.37. The lowest BCUT2D eigenvalue weighted by Crippen LogP contribution is -2.42. The van der Waals surface area contributed by atoms with Gasteiger partial charge in [-0.05, 0) is 36.5 Å². The molecule has 0 aromatic heterocycles. The Balaban J connectivity index is 1.91. The molecule has 0 saturated heterocycles. The van der Waals surface area contributed by atoms with E-state index < -0.39 is 0 Å². The zero-order chi connectivity index (χ0) is 14.6. The second-order valence-electron chi connectivity index (χ2n) is 5.99. The van der Waals surface area contributed by atoms with E-state index in [1.165, 1.54) is 5.56 Å². The first kappa shape index (κ1) is 14.8. The molecular formula is C16H24FN3. The third-order valence-corrected chi connectivity index (χ3v) is 3.81. The molecule has 2 rings (SSSR count). The van der Waals surface area contributed by atoms with Crippen LogP contribution in [0.25, 0.3) is 0 Å². The summed E-state index contributed by atoms with van der Waals surface area (Å²) in [5, 5.41) is 6.69. The van der Waals surface area contributed by atoms with Gasteiger partial charge in [-0.1, -0.05) is 26.0 Å². The normalized spacial score (nSPS) is 17.1. The van der Waals surface area contributed by atoms with E-state index in [4.69, 9.17) is 0 Å². The largest absolute Gasteiger partial charge is 0.356 e. The van der Waals surface area contributed by atoms with Gasteiger partial charge in [-0.3, -0.25) is 4.99 Å². The fourth-order valence-electron chi connectivity index (χ4n) is 2.30. The van der Waals surface area contributed by atoms with Crippen molar-refractivity contribution in [3.05, 3.63) is 35.6 Å². The van der Waals surface area contributed by atoms with Gasteiger partial charge in [0.1, 0.15) is 5.82 Å². The van der Waals surface area contributed by atoms with Crippen molar-refractivity contribution in [3.63, 3.8) is 0 Å². The maximum atomic E-state index is 13.0. The lowest BCUT2D eigenvalue weighted by Gasteiger charge is -2.19. The van der Waals surface area contributed by atoms with Crippen molar-refractivity contribution >= 4 is 5.96 Å². The first-order chi connectivity index (χ1) is 9.55. The van der Waals surface area contributed by atoms with Crippen LogP contribution in [0.15, 0.2) is 29.3 Å². The molecule has 1 saturated carbocycles. The van der Waals surface area contributed by atoms with Crippen LogP contribution in [0.4, 0.5) is 4.39 Å². The molecule has 1 fully saturated rings. The molecule has 0 heterocycles. The number of aliphatic imine (C=N–C) groups is 1. The molecule has 0 amide bonds. The molecule has 0 aliphatic heterocycles. The van der Waals surface area contributed by atoms with Crippen LogP contribution in [-0.4, -0.2) is 26.1 Å². The summed E-state index contributed by atoms with van der Waals surface area (Å²) in [6.45, 7) is 6.09. The van der Waals surface area contributed by atoms with Crippen molar-refractivity contribution < 1.29 is 4.39 Å². The van der Waals surface area contributed by atoms with Crippen LogP contribution in [0, 0.1) is 11.7 Å². The Labute approximate surface area is 120 Å². The quantitative estimate of drug-likeness (QED) is 0.641. The summed E-state index contributed by atoms with van der Waals surface area (Å²) in [5.74, 6) is 1.25. The predicted molar refractivity (Wildman–Crippen MR) is 81.5 cm³/mol. The van der Waals surface area contributed by atoms with E-state index >= 15 is 0 Å². The SMILES string of the molecule is CN=C(NCC(C)C)NCC1(c2ccc(F)cc2)CC1. The highest BCUT2D eigenvalue weighted by Gasteiger charge is 2.44. The fourth-order valence-corrected chi connectivity index (χ4v) is 2.30. The number of rotatable bonds is 5. The summed E-state index contributed by atoms with van der Waals surface area (Å²) in [7, 11) is 1.78. The van der Waals surface area contributed by atoms with Gasteiger partial charge in [0.15, 0.2) is 5.96 Å². The van der Waals surface area contributed by atoms with Crippen LogP contribution in [-0.2, 0) is 5.41 Å².